The molecule has 0 amide bonds. The molecule has 1 heterocycles. The summed E-state index contributed by atoms with van der Waals surface area (Å²) >= 11 is 3.04. The van der Waals surface area contributed by atoms with Gasteiger partial charge in [0, 0.05) is 18.7 Å². The van der Waals surface area contributed by atoms with Crippen LogP contribution in [0.25, 0.3) is 5.69 Å². The number of halogens is 5. The molecule has 0 bridgehead atoms. The molecule has 0 fully saturated rings. The lowest BCUT2D eigenvalue weighted by Crippen LogP contribution is -2.33. The second-order valence-corrected chi connectivity index (χ2v) is 7.43. The Balaban J connectivity index is 2.06. The van der Waals surface area contributed by atoms with Crippen molar-refractivity contribution in [3.63, 3.8) is 0 Å². The molecule has 0 saturated carbocycles. The summed E-state index contributed by atoms with van der Waals surface area (Å²) in [6.07, 6.45) is -0.466. The molecular weight excluding hydrogens is 498 g/mol. The molecular formula is C21H18BrF4N3O3. The first-order valence-corrected chi connectivity index (χ1v) is 10.1. The maximum atomic E-state index is 14.4. The number of methoxy groups -OCH3 is 1. The Labute approximate surface area is 188 Å². The van der Waals surface area contributed by atoms with E-state index in [2.05, 4.69) is 26.2 Å². The number of nitrogens with one attached hydrogen (secondary N) is 1. The summed E-state index contributed by atoms with van der Waals surface area (Å²) in [6, 6.07) is 6.13. The molecule has 6 nitrogen and oxygen atoms in total. The van der Waals surface area contributed by atoms with E-state index in [1.54, 1.807) is 6.92 Å². The van der Waals surface area contributed by atoms with Gasteiger partial charge in [0.1, 0.15) is 52.1 Å². The van der Waals surface area contributed by atoms with Gasteiger partial charge >= 0.3 is 0 Å². The molecule has 0 spiro atoms. The number of nitrogens with zero attached hydrogens (tertiary/aromatic N) is 2. The van der Waals surface area contributed by atoms with Gasteiger partial charge in [-0.3, -0.25) is 14.7 Å². The van der Waals surface area contributed by atoms with Crippen molar-refractivity contribution in [2.24, 2.45) is 0 Å². The molecule has 3 rings (SSSR count). The van der Waals surface area contributed by atoms with E-state index < -0.39 is 40.7 Å². The van der Waals surface area contributed by atoms with Gasteiger partial charge in [0.05, 0.1) is 6.54 Å². The van der Waals surface area contributed by atoms with E-state index in [-0.39, 0.29) is 34.9 Å². The van der Waals surface area contributed by atoms with E-state index in [4.69, 9.17) is 9.47 Å². The highest BCUT2D eigenvalue weighted by Gasteiger charge is 2.22. The molecule has 0 saturated heterocycles. The molecule has 2 aromatic carbocycles. The molecule has 0 aliphatic heterocycles. The van der Waals surface area contributed by atoms with E-state index in [1.165, 1.54) is 19.2 Å². The molecule has 0 aliphatic carbocycles. The van der Waals surface area contributed by atoms with Crippen molar-refractivity contribution >= 4 is 15.9 Å². The number of rotatable bonds is 8. The minimum absolute atomic E-state index is 0.0251. The van der Waals surface area contributed by atoms with Crippen LogP contribution in [0, 0.1) is 23.3 Å². The van der Waals surface area contributed by atoms with Crippen molar-refractivity contribution in [2.45, 2.75) is 26.3 Å². The Hall–Kier alpha value is -2.76. The lowest BCUT2D eigenvalue weighted by Gasteiger charge is -2.18. The lowest BCUT2D eigenvalue weighted by molar-refractivity contribution is 0.0869. The highest BCUT2D eigenvalue weighted by molar-refractivity contribution is 9.10. The number of hydrogen-bond acceptors (Lipinski definition) is 5. The van der Waals surface area contributed by atoms with E-state index in [0.29, 0.717) is 6.07 Å². The largest absolute Gasteiger partial charge is 0.472 e. The third kappa shape index (κ3) is 5.17. The molecule has 1 aromatic heterocycles. The smallest absolute Gasteiger partial charge is 0.276 e. The third-order valence-corrected chi connectivity index (χ3v) is 5.19. The predicted octanol–water partition coefficient (Wildman–Crippen LogP) is 4.21. The summed E-state index contributed by atoms with van der Waals surface area (Å²) in [5.74, 6) is -3.83. The van der Waals surface area contributed by atoms with Crippen LogP contribution >= 0.6 is 15.9 Å². The van der Waals surface area contributed by atoms with Crippen LogP contribution in [0.2, 0.25) is 0 Å². The standard InChI is InChI=1S/C21H18BrF4N3O3/c1-11(31-2)27-9-17-28-20(32-10-12-6-7-13(23)8-16(12)26)18(22)21(30)29(17)19-14(24)4-3-5-15(19)25/h3-8,11,27H,9-10H2,1-2H3. The van der Waals surface area contributed by atoms with Gasteiger partial charge in [0.2, 0.25) is 5.88 Å². The molecule has 3 aromatic rings. The fraction of sp³-hybridized carbons (Fsp3) is 0.238. The van der Waals surface area contributed by atoms with Gasteiger partial charge in [0.25, 0.3) is 5.56 Å². The average molecular weight is 516 g/mol. The predicted molar refractivity (Wildman–Crippen MR) is 111 cm³/mol. The fourth-order valence-electron chi connectivity index (χ4n) is 2.77. The first kappa shape index (κ1) is 23.9. The minimum atomic E-state index is -0.969. The zero-order valence-electron chi connectivity index (χ0n) is 17.0. The summed E-state index contributed by atoms with van der Waals surface area (Å²) in [6.45, 7) is 1.20. The number of hydrogen-bond donors (Lipinski definition) is 1. The molecule has 1 unspecified atom stereocenters. The summed E-state index contributed by atoms with van der Waals surface area (Å²) in [7, 11) is 1.45. The maximum Gasteiger partial charge on any atom is 0.276 e. The van der Waals surface area contributed by atoms with Crippen molar-refractivity contribution < 1.29 is 27.0 Å². The Kier molecular flexibility index (Phi) is 7.64. The quantitative estimate of drug-likeness (QED) is 0.359. The van der Waals surface area contributed by atoms with Crippen LogP contribution in [0.4, 0.5) is 17.6 Å². The number of aromatic nitrogens is 2. The highest BCUT2D eigenvalue weighted by atomic mass is 79.9. The van der Waals surface area contributed by atoms with Crippen LogP contribution in [-0.4, -0.2) is 22.9 Å². The normalized spacial score (nSPS) is 12.1. The molecule has 11 heteroatoms. The van der Waals surface area contributed by atoms with Gasteiger partial charge in [0.15, 0.2) is 0 Å². The summed E-state index contributed by atoms with van der Waals surface area (Å²) in [4.78, 5) is 17.2. The first-order valence-electron chi connectivity index (χ1n) is 9.31. The molecule has 170 valence electrons. The minimum Gasteiger partial charge on any atom is -0.472 e. The maximum absolute atomic E-state index is 14.4. The SMILES string of the molecule is COC(C)NCc1nc(OCc2ccc(F)cc2F)c(Br)c(=O)n1-c1c(F)cccc1F. The molecule has 0 radical (unpaired) electrons. The van der Waals surface area contributed by atoms with Gasteiger partial charge < -0.3 is 9.47 Å². The van der Waals surface area contributed by atoms with Crippen LogP contribution in [0.3, 0.4) is 0 Å². The number of benzene rings is 2. The van der Waals surface area contributed by atoms with E-state index in [9.17, 15) is 22.4 Å². The second-order valence-electron chi connectivity index (χ2n) is 6.64. The molecule has 32 heavy (non-hydrogen) atoms. The number of para-hydroxylation sites is 1. The van der Waals surface area contributed by atoms with Gasteiger partial charge in [-0.1, -0.05) is 6.07 Å². The van der Waals surface area contributed by atoms with Crippen LogP contribution in [0.1, 0.15) is 18.3 Å². The third-order valence-electron chi connectivity index (χ3n) is 4.51. The van der Waals surface area contributed by atoms with E-state index >= 15 is 0 Å². The fourth-order valence-corrected chi connectivity index (χ4v) is 3.15. The van der Waals surface area contributed by atoms with Crippen molar-refractivity contribution in [3.8, 4) is 11.6 Å². The summed E-state index contributed by atoms with van der Waals surface area (Å²) in [5.41, 5.74) is -1.43. The van der Waals surface area contributed by atoms with Crippen LogP contribution in [0.15, 0.2) is 45.7 Å². The Morgan fingerprint density at radius 2 is 1.81 bits per heavy atom. The second kappa shape index (κ2) is 10.2. The molecule has 1 atom stereocenters. The topological polar surface area (TPSA) is 65.4 Å². The van der Waals surface area contributed by atoms with Crippen LogP contribution in [0.5, 0.6) is 5.88 Å². The van der Waals surface area contributed by atoms with Crippen molar-refractivity contribution in [3.05, 3.63) is 85.9 Å². The highest BCUT2D eigenvalue weighted by Crippen LogP contribution is 2.24. The molecule has 1 N–H and O–H groups in total. The first-order chi connectivity index (χ1) is 15.2. The van der Waals surface area contributed by atoms with E-state index in [0.717, 1.165) is 22.8 Å². The average Bonchev–Trinajstić information content (AvgIpc) is 2.75. The number of ether oxygens (including phenoxy) is 2. The lowest BCUT2D eigenvalue weighted by atomic mass is 10.2. The molecule has 0 aliphatic rings. The van der Waals surface area contributed by atoms with Crippen LogP contribution in [-0.2, 0) is 17.9 Å². The van der Waals surface area contributed by atoms with Crippen molar-refractivity contribution in [2.75, 3.05) is 7.11 Å². The zero-order chi connectivity index (χ0) is 23.4. The van der Waals surface area contributed by atoms with Gasteiger partial charge in [-0.05, 0) is 47.1 Å². The Bertz CT molecular complexity index is 1170. The van der Waals surface area contributed by atoms with Gasteiger partial charge in [-0.2, -0.15) is 4.98 Å². The van der Waals surface area contributed by atoms with Gasteiger partial charge in [-0.25, -0.2) is 17.6 Å². The van der Waals surface area contributed by atoms with E-state index in [1.807, 2.05) is 0 Å². The van der Waals surface area contributed by atoms with Crippen LogP contribution < -0.4 is 15.6 Å². The van der Waals surface area contributed by atoms with Gasteiger partial charge in [-0.15, -0.1) is 0 Å². The van der Waals surface area contributed by atoms with Crippen molar-refractivity contribution in [1.82, 2.24) is 14.9 Å². The summed E-state index contributed by atoms with van der Waals surface area (Å²) < 4.78 is 67.0. The zero-order valence-corrected chi connectivity index (χ0v) is 18.6. The van der Waals surface area contributed by atoms with Crippen molar-refractivity contribution in [1.29, 1.82) is 0 Å². The Morgan fingerprint density at radius 3 is 2.44 bits per heavy atom. The Morgan fingerprint density at radius 1 is 1.12 bits per heavy atom. The monoisotopic (exact) mass is 515 g/mol. The summed E-state index contributed by atoms with van der Waals surface area (Å²) in [5, 5.41) is 2.90.